The molecule has 5 heteroatoms. The summed E-state index contributed by atoms with van der Waals surface area (Å²) in [7, 11) is 2.04. The van der Waals surface area contributed by atoms with Crippen LogP contribution in [0, 0.1) is 0 Å². The third-order valence-electron chi connectivity index (χ3n) is 3.42. The molecule has 0 spiro atoms. The van der Waals surface area contributed by atoms with Crippen molar-refractivity contribution < 1.29 is 0 Å². The fourth-order valence-electron chi connectivity index (χ4n) is 2.01. The van der Waals surface area contributed by atoms with Gasteiger partial charge in [-0.05, 0) is 48.5 Å². The minimum Gasteiger partial charge on any atom is -0.399 e. The van der Waals surface area contributed by atoms with E-state index >= 15 is 0 Å². The lowest BCUT2D eigenvalue weighted by Crippen LogP contribution is -2.08. The molecule has 0 radical (unpaired) electrons. The number of nitrogens with two attached hydrogens (primary N) is 3. The number of para-hydroxylation sites is 3. The molecule has 0 aliphatic rings. The van der Waals surface area contributed by atoms with E-state index in [-0.39, 0.29) is 12.4 Å². The Kier molecular flexibility index (Phi) is 7.46. The van der Waals surface area contributed by atoms with E-state index in [1.807, 2.05) is 61.6 Å². The topological polar surface area (TPSA) is 81.3 Å². The van der Waals surface area contributed by atoms with Crippen LogP contribution in [0.3, 0.4) is 0 Å². The van der Waals surface area contributed by atoms with E-state index in [0.29, 0.717) is 11.4 Å². The number of hydrogen-bond donors (Lipinski definition) is 3. The summed E-state index contributed by atoms with van der Waals surface area (Å²) in [6.45, 7) is 0. The molecule has 4 nitrogen and oxygen atoms in total. The molecule has 0 saturated heterocycles. The van der Waals surface area contributed by atoms with Crippen molar-refractivity contribution >= 4 is 40.8 Å². The second kappa shape index (κ2) is 9.33. The summed E-state index contributed by atoms with van der Waals surface area (Å²) in [6, 6.07) is 25.3. The molecule has 0 heterocycles. The Morgan fingerprint density at radius 2 is 1.00 bits per heavy atom. The van der Waals surface area contributed by atoms with Crippen LogP contribution in [0.1, 0.15) is 0 Å². The number of benzene rings is 3. The predicted octanol–water partition coefficient (Wildman–Crippen LogP) is 4.31. The van der Waals surface area contributed by atoms with Crippen LogP contribution >= 0.6 is 12.4 Å². The van der Waals surface area contributed by atoms with Gasteiger partial charge in [-0.2, -0.15) is 0 Å². The van der Waals surface area contributed by atoms with Crippen molar-refractivity contribution in [2.75, 3.05) is 29.1 Å². The Hall–Kier alpha value is -2.85. The average Bonchev–Trinajstić information content (AvgIpc) is 2.59. The number of hydrogen-bond acceptors (Lipinski definition) is 4. The third kappa shape index (κ3) is 5.41. The molecule has 0 bridgehead atoms. The Balaban J connectivity index is 0.000000273. The summed E-state index contributed by atoms with van der Waals surface area (Å²) in [4.78, 5) is 2.12. The fraction of sp³-hybridized carbons (Fsp3) is 0.0526. The van der Waals surface area contributed by atoms with Crippen LogP contribution in [0.5, 0.6) is 0 Å². The molecule has 0 aromatic heterocycles. The van der Waals surface area contributed by atoms with Gasteiger partial charge >= 0.3 is 0 Å². The number of nitrogens with zero attached hydrogens (tertiary/aromatic N) is 1. The van der Waals surface area contributed by atoms with Gasteiger partial charge in [0.2, 0.25) is 0 Å². The van der Waals surface area contributed by atoms with Crippen molar-refractivity contribution in [1.29, 1.82) is 0 Å². The van der Waals surface area contributed by atoms with Gasteiger partial charge in [-0.3, -0.25) is 0 Å². The number of anilines is 5. The van der Waals surface area contributed by atoms with E-state index in [9.17, 15) is 0 Å². The van der Waals surface area contributed by atoms with Gasteiger partial charge in [-0.25, -0.2) is 0 Å². The van der Waals surface area contributed by atoms with Gasteiger partial charge in [-0.1, -0.05) is 30.3 Å². The zero-order chi connectivity index (χ0) is 16.7. The van der Waals surface area contributed by atoms with Crippen LogP contribution in [0.2, 0.25) is 0 Å². The van der Waals surface area contributed by atoms with Crippen LogP contribution in [-0.2, 0) is 0 Å². The molecule has 126 valence electrons. The molecular formula is C19H23ClN4. The van der Waals surface area contributed by atoms with Gasteiger partial charge in [0.1, 0.15) is 0 Å². The van der Waals surface area contributed by atoms with Crippen LogP contribution < -0.4 is 22.1 Å². The Morgan fingerprint density at radius 1 is 0.583 bits per heavy atom. The lowest BCUT2D eigenvalue weighted by molar-refractivity contribution is 1.21. The highest BCUT2D eigenvalue weighted by Gasteiger charge is 2.01. The lowest BCUT2D eigenvalue weighted by Gasteiger charge is -2.19. The molecule has 0 atom stereocenters. The highest BCUT2D eigenvalue weighted by atomic mass is 35.5. The number of rotatable bonds is 2. The largest absolute Gasteiger partial charge is 0.399 e. The zero-order valence-corrected chi connectivity index (χ0v) is 14.4. The van der Waals surface area contributed by atoms with Crippen LogP contribution in [0.4, 0.5) is 28.4 Å². The van der Waals surface area contributed by atoms with Gasteiger partial charge in [0, 0.05) is 24.1 Å². The molecule has 6 N–H and O–H groups in total. The maximum Gasteiger partial charge on any atom is 0.0547 e. The maximum atomic E-state index is 5.65. The summed E-state index contributed by atoms with van der Waals surface area (Å²) >= 11 is 0. The normalized spacial score (nSPS) is 9.21. The van der Waals surface area contributed by atoms with Crippen molar-refractivity contribution in [2.45, 2.75) is 0 Å². The van der Waals surface area contributed by atoms with Gasteiger partial charge in [0.15, 0.2) is 0 Å². The Bertz CT molecular complexity index is 709. The Labute approximate surface area is 149 Å². The fourth-order valence-corrected chi connectivity index (χ4v) is 2.01. The minimum absolute atomic E-state index is 0. The van der Waals surface area contributed by atoms with E-state index in [1.54, 1.807) is 12.1 Å². The van der Waals surface area contributed by atoms with Crippen LogP contribution in [0.15, 0.2) is 78.9 Å². The summed E-state index contributed by atoms with van der Waals surface area (Å²) in [5, 5.41) is 0. The first-order chi connectivity index (χ1) is 11.1. The van der Waals surface area contributed by atoms with Crippen molar-refractivity contribution in [3.05, 3.63) is 78.9 Å². The first-order valence-electron chi connectivity index (χ1n) is 7.32. The highest BCUT2D eigenvalue weighted by molar-refractivity contribution is 5.85. The van der Waals surface area contributed by atoms with E-state index < -0.39 is 0 Å². The summed E-state index contributed by atoms with van der Waals surface area (Å²) in [5.74, 6) is 0. The van der Waals surface area contributed by atoms with E-state index in [2.05, 4.69) is 17.0 Å². The lowest BCUT2D eigenvalue weighted by atomic mass is 10.2. The SMILES string of the molecule is CN(c1ccccc1)c1ccc(N)cc1.Cl.Nc1ccccc1N. The smallest absolute Gasteiger partial charge is 0.0547 e. The molecule has 3 rings (SSSR count). The molecule has 3 aromatic carbocycles. The van der Waals surface area contributed by atoms with Gasteiger partial charge < -0.3 is 22.1 Å². The van der Waals surface area contributed by atoms with Gasteiger partial charge in [0.05, 0.1) is 11.4 Å². The summed E-state index contributed by atoms with van der Waals surface area (Å²) in [5.41, 5.74) is 20.8. The maximum absolute atomic E-state index is 5.65. The standard InChI is InChI=1S/C13H14N2.C6H8N2.ClH/c1-15(12-5-3-2-4-6-12)13-9-7-11(14)8-10-13;7-5-3-1-2-4-6(5)8;/h2-10H,14H2,1H3;1-4H,7-8H2;1H. The van der Waals surface area contributed by atoms with Crippen molar-refractivity contribution in [1.82, 2.24) is 0 Å². The molecule has 0 aliphatic heterocycles. The van der Waals surface area contributed by atoms with Crippen LogP contribution in [0.25, 0.3) is 0 Å². The van der Waals surface area contributed by atoms with E-state index in [0.717, 1.165) is 11.4 Å². The average molecular weight is 343 g/mol. The monoisotopic (exact) mass is 342 g/mol. The van der Waals surface area contributed by atoms with Crippen molar-refractivity contribution in [2.24, 2.45) is 0 Å². The Morgan fingerprint density at radius 3 is 1.46 bits per heavy atom. The molecule has 0 saturated carbocycles. The first-order valence-corrected chi connectivity index (χ1v) is 7.32. The molecule has 24 heavy (non-hydrogen) atoms. The van der Waals surface area contributed by atoms with Crippen molar-refractivity contribution in [3.8, 4) is 0 Å². The second-order valence-electron chi connectivity index (χ2n) is 5.12. The predicted molar refractivity (Wildman–Crippen MR) is 108 cm³/mol. The van der Waals surface area contributed by atoms with Crippen molar-refractivity contribution in [3.63, 3.8) is 0 Å². The third-order valence-corrected chi connectivity index (χ3v) is 3.42. The summed E-state index contributed by atoms with van der Waals surface area (Å²) in [6.07, 6.45) is 0. The first kappa shape index (κ1) is 19.2. The second-order valence-corrected chi connectivity index (χ2v) is 5.12. The number of nitrogen functional groups attached to an aromatic ring is 3. The molecular weight excluding hydrogens is 320 g/mol. The molecule has 3 aromatic rings. The molecule has 0 amide bonds. The summed E-state index contributed by atoms with van der Waals surface area (Å²) < 4.78 is 0. The van der Waals surface area contributed by atoms with Gasteiger partial charge in [-0.15, -0.1) is 12.4 Å². The number of halogens is 1. The molecule has 0 fully saturated rings. The quantitative estimate of drug-likeness (QED) is 0.606. The van der Waals surface area contributed by atoms with E-state index in [1.165, 1.54) is 5.69 Å². The van der Waals surface area contributed by atoms with Gasteiger partial charge in [0.25, 0.3) is 0 Å². The highest BCUT2D eigenvalue weighted by Crippen LogP contribution is 2.23. The minimum atomic E-state index is 0. The molecule has 0 unspecified atom stereocenters. The van der Waals surface area contributed by atoms with Crippen LogP contribution in [-0.4, -0.2) is 7.05 Å². The van der Waals surface area contributed by atoms with E-state index in [4.69, 9.17) is 17.2 Å². The molecule has 0 aliphatic carbocycles. The zero-order valence-electron chi connectivity index (χ0n) is 13.6.